The third-order valence-corrected chi connectivity index (χ3v) is 3.75. The van der Waals surface area contributed by atoms with Gasteiger partial charge >= 0.3 is 6.18 Å². The molecule has 1 saturated heterocycles. The number of nitrogens with zero attached hydrogens (tertiary/aromatic N) is 3. The largest absolute Gasteiger partial charge is 0.417 e. The summed E-state index contributed by atoms with van der Waals surface area (Å²) in [5, 5.41) is 11.1. The van der Waals surface area contributed by atoms with E-state index in [9.17, 15) is 13.2 Å². The second-order valence-electron chi connectivity index (χ2n) is 4.87. The van der Waals surface area contributed by atoms with E-state index in [4.69, 9.17) is 11.6 Å². The van der Waals surface area contributed by atoms with E-state index < -0.39 is 11.7 Å². The summed E-state index contributed by atoms with van der Waals surface area (Å²) in [5.74, 6) is 0.582. The van der Waals surface area contributed by atoms with Crippen LogP contribution in [-0.2, 0) is 6.18 Å². The molecule has 1 atom stereocenters. The van der Waals surface area contributed by atoms with Crippen molar-refractivity contribution < 1.29 is 13.2 Å². The van der Waals surface area contributed by atoms with Gasteiger partial charge in [0.05, 0.1) is 10.6 Å². The van der Waals surface area contributed by atoms with Crippen molar-refractivity contribution in [1.29, 1.82) is 0 Å². The van der Waals surface area contributed by atoms with Gasteiger partial charge in [-0.05, 0) is 25.5 Å². The molecule has 4 nitrogen and oxygen atoms in total. The molecule has 2 aromatic heterocycles. The Kier molecular flexibility index (Phi) is 3.33. The standard InChI is InChI=1S/C12H12ClF3N4/c13-9-4-8(12(14,15)16)6-20-10(18-19-11(9)20)7-2-1-3-17-5-7/h4,6-7,17H,1-3,5H2. The van der Waals surface area contributed by atoms with Gasteiger partial charge in [-0.25, -0.2) is 0 Å². The Morgan fingerprint density at radius 1 is 1.35 bits per heavy atom. The summed E-state index contributed by atoms with van der Waals surface area (Å²) in [5.41, 5.74) is -0.528. The van der Waals surface area contributed by atoms with Crippen molar-refractivity contribution in [3.8, 4) is 0 Å². The molecule has 0 saturated carbocycles. The number of hydrogen-bond acceptors (Lipinski definition) is 3. The van der Waals surface area contributed by atoms with Gasteiger partial charge in [-0.15, -0.1) is 10.2 Å². The van der Waals surface area contributed by atoms with Crippen molar-refractivity contribution in [2.24, 2.45) is 0 Å². The smallest absolute Gasteiger partial charge is 0.316 e. The van der Waals surface area contributed by atoms with Crippen molar-refractivity contribution in [3.05, 3.63) is 28.7 Å². The Morgan fingerprint density at radius 2 is 2.15 bits per heavy atom. The molecule has 1 fully saturated rings. The molecule has 20 heavy (non-hydrogen) atoms. The van der Waals surface area contributed by atoms with E-state index >= 15 is 0 Å². The first kappa shape index (κ1) is 13.6. The first-order chi connectivity index (χ1) is 9.47. The zero-order valence-electron chi connectivity index (χ0n) is 10.4. The maximum Gasteiger partial charge on any atom is 0.417 e. The van der Waals surface area contributed by atoms with Gasteiger partial charge in [0.2, 0.25) is 0 Å². The molecule has 1 N–H and O–H groups in total. The van der Waals surface area contributed by atoms with E-state index in [0.717, 1.165) is 31.6 Å². The Labute approximate surface area is 117 Å². The van der Waals surface area contributed by atoms with Crippen LogP contribution in [0.2, 0.25) is 5.02 Å². The van der Waals surface area contributed by atoms with Crippen molar-refractivity contribution in [2.45, 2.75) is 24.9 Å². The average Bonchev–Trinajstić information content (AvgIpc) is 2.83. The van der Waals surface area contributed by atoms with Crippen LogP contribution < -0.4 is 5.32 Å². The lowest BCUT2D eigenvalue weighted by molar-refractivity contribution is -0.137. The lowest BCUT2D eigenvalue weighted by Crippen LogP contribution is -2.29. The fourth-order valence-electron chi connectivity index (χ4n) is 2.48. The fourth-order valence-corrected chi connectivity index (χ4v) is 2.72. The van der Waals surface area contributed by atoms with Gasteiger partial charge in [0, 0.05) is 18.7 Å². The number of alkyl halides is 3. The SMILES string of the molecule is FC(F)(F)c1cc(Cl)c2nnc(C3CCCNC3)n2c1. The maximum atomic E-state index is 12.9. The highest BCUT2D eigenvalue weighted by Gasteiger charge is 2.33. The number of piperidine rings is 1. The molecule has 0 spiro atoms. The Morgan fingerprint density at radius 3 is 2.80 bits per heavy atom. The molecule has 1 aliphatic heterocycles. The summed E-state index contributed by atoms with van der Waals surface area (Å²) in [6, 6.07) is 0.883. The molecule has 108 valence electrons. The zero-order valence-corrected chi connectivity index (χ0v) is 11.2. The highest BCUT2D eigenvalue weighted by atomic mass is 35.5. The molecule has 0 amide bonds. The van der Waals surface area contributed by atoms with Crippen LogP contribution in [0.1, 0.15) is 30.1 Å². The van der Waals surface area contributed by atoms with Gasteiger partial charge in [0.25, 0.3) is 0 Å². The summed E-state index contributed by atoms with van der Waals surface area (Å²) >= 11 is 5.88. The van der Waals surface area contributed by atoms with Gasteiger partial charge in [-0.1, -0.05) is 11.6 Å². The van der Waals surface area contributed by atoms with Gasteiger partial charge in [-0.3, -0.25) is 4.40 Å². The number of rotatable bonds is 1. The second-order valence-corrected chi connectivity index (χ2v) is 5.28. The predicted octanol–water partition coefficient (Wildman–Crippen LogP) is 2.87. The number of hydrogen-bond donors (Lipinski definition) is 1. The molecule has 0 aliphatic carbocycles. The number of pyridine rings is 1. The lowest BCUT2D eigenvalue weighted by Gasteiger charge is -2.21. The minimum absolute atomic E-state index is 0.0395. The summed E-state index contributed by atoms with van der Waals surface area (Å²) < 4.78 is 39.9. The van der Waals surface area contributed by atoms with Gasteiger partial charge < -0.3 is 5.32 Å². The van der Waals surface area contributed by atoms with Gasteiger partial charge in [0.15, 0.2) is 5.65 Å². The molecule has 0 aromatic carbocycles. The van der Waals surface area contributed by atoms with Crippen molar-refractivity contribution >= 4 is 17.2 Å². The summed E-state index contributed by atoms with van der Waals surface area (Å²) in [6.45, 7) is 1.61. The number of fused-ring (bicyclic) bond motifs is 1. The van der Waals surface area contributed by atoms with E-state index in [1.165, 1.54) is 4.40 Å². The van der Waals surface area contributed by atoms with Crippen LogP contribution in [0.25, 0.3) is 5.65 Å². The third-order valence-electron chi connectivity index (χ3n) is 3.48. The third kappa shape index (κ3) is 2.35. The predicted molar refractivity (Wildman–Crippen MR) is 67.8 cm³/mol. The number of nitrogens with one attached hydrogen (secondary N) is 1. The lowest BCUT2D eigenvalue weighted by atomic mass is 9.99. The molecule has 8 heteroatoms. The second kappa shape index (κ2) is 4.89. The van der Waals surface area contributed by atoms with E-state index in [-0.39, 0.29) is 16.6 Å². The summed E-state index contributed by atoms with van der Waals surface area (Å²) in [6.07, 6.45) is -1.58. The Bertz CT molecular complexity index is 631. The zero-order chi connectivity index (χ0) is 14.3. The summed E-state index contributed by atoms with van der Waals surface area (Å²) in [7, 11) is 0. The van der Waals surface area contributed by atoms with E-state index in [0.29, 0.717) is 12.4 Å². The van der Waals surface area contributed by atoms with E-state index in [1.54, 1.807) is 0 Å². The highest BCUT2D eigenvalue weighted by molar-refractivity contribution is 6.33. The molecule has 1 unspecified atom stereocenters. The van der Waals surface area contributed by atoms with Crippen LogP contribution in [0.5, 0.6) is 0 Å². The normalized spacial score (nSPS) is 20.5. The summed E-state index contributed by atoms with van der Waals surface area (Å²) in [4.78, 5) is 0. The Balaban J connectivity index is 2.12. The fraction of sp³-hybridized carbons (Fsp3) is 0.500. The molecule has 0 radical (unpaired) electrons. The van der Waals surface area contributed by atoms with Crippen LogP contribution in [0.4, 0.5) is 13.2 Å². The maximum absolute atomic E-state index is 12.9. The Hall–Kier alpha value is -1.34. The van der Waals surface area contributed by atoms with Crippen LogP contribution in [0.3, 0.4) is 0 Å². The quantitative estimate of drug-likeness (QED) is 0.881. The molecule has 2 aromatic rings. The van der Waals surface area contributed by atoms with Crippen molar-refractivity contribution in [2.75, 3.05) is 13.1 Å². The minimum atomic E-state index is -4.44. The number of aromatic nitrogens is 3. The van der Waals surface area contributed by atoms with Crippen LogP contribution in [0.15, 0.2) is 12.3 Å². The van der Waals surface area contributed by atoms with Crippen LogP contribution in [0, 0.1) is 0 Å². The van der Waals surface area contributed by atoms with Crippen LogP contribution in [-0.4, -0.2) is 27.7 Å². The molecule has 1 aliphatic rings. The topological polar surface area (TPSA) is 42.2 Å². The van der Waals surface area contributed by atoms with Gasteiger partial charge in [0.1, 0.15) is 5.82 Å². The molecule has 3 heterocycles. The van der Waals surface area contributed by atoms with Crippen molar-refractivity contribution in [1.82, 2.24) is 19.9 Å². The van der Waals surface area contributed by atoms with Crippen molar-refractivity contribution in [3.63, 3.8) is 0 Å². The average molecular weight is 305 g/mol. The van der Waals surface area contributed by atoms with Gasteiger partial charge in [-0.2, -0.15) is 13.2 Å². The van der Waals surface area contributed by atoms with Crippen LogP contribution >= 0.6 is 11.6 Å². The van der Waals surface area contributed by atoms with E-state index in [1.807, 2.05) is 0 Å². The first-order valence-electron chi connectivity index (χ1n) is 6.29. The first-order valence-corrected chi connectivity index (χ1v) is 6.66. The molecular weight excluding hydrogens is 293 g/mol. The molecular formula is C12H12ClF3N4. The highest BCUT2D eigenvalue weighted by Crippen LogP contribution is 2.33. The number of halogens is 4. The van der Waals surface area contributed by atoms with E-state index in [2.05, 4.69) is 15.5 Å². The minimum Gasteiger partial charge on any atom is -0.316 e. The monoisotopic (exact) mass is 304 g/mol. The molecule has 0 bridgehead atoms. The molecule has 3 rings (SSSR count).